The van der Waals surface area contributed by atoms with Crippen molar-refractivity contribution in [3.8, 4) is 17.6 Å². The van der Waals surface area contributed by atoms with Crippen molar-refractivity contribution in [1.29, 1.82) is 0 Å². The molecule has 37 heavy (non-hydrogen) atoms. The molecule has 0 bridgehead atoms. The molecule has 1 atom stereocenters. The third-order valence-electron chi connectivity index (χ3n) is 5.68. The Bertz CT molecular complexity index is 1310. The molecule has 0 spiro atoms. The molecule has 5 N–H and O–H groups in total. The van der Waals surface area contributed by atoms with Crippen LogP contribution in [0.15, 0.2) is 53.2 Å². The van der Waals surface area contributed by atoms with Crippen LogP contribution >= 0.6 is 0 Å². The van der Waals surface area contributed by atoms with Crippen LogP contribution in [0.25, 0.3) is 0 Å². The first-order valence-corrected chi connectivity index (χ1v) is 11.5. The molecule has 1 heterocycles. The van der Waals surface area contributed by atoms with Crippen LogP contribution in [-0.4, -0.2) is 44.4 Å². The van der Waals surface area contributed by atoms with Crippen LogP contribution in [-0.2, 0) is 11.2 Å². The number of fused-ring (bicyclic) bond motifs is 1. The number of aliphatic imine (C=N–C) groups is 1. The van der Waals surface area contributed by atoms with Crippen molar-refractivity contribution in [3.05, 3.63) is 70.9 Å². The summed E-state index contributed by atoms with van der Waals surface area (Å²) in [5.41, 5.74) is 12.7. The van der Waals surface area contributed by atoms with E-state index >= 15 is 0 Å². The van der Waals surface area contributed by atoms with E-state index in [0.717, 1.165) is 18.3 Å². The predicted octanol–water partition coefficient (Wildman–Crippen LogP) is 2.89. The lowest BCUT2D eigenvalue weighted by molar-refractivity contribution is -0.120. The van der Waals surface area contributed by atoms with Gasteiger partial charge in [0.05, 0.1) is 5.69 Å². The first-order valence-electron chi connectivity index (χ1n) is 11.5. The lowest BCUT2D eigenvalue weighted by Crippen LogP contribution is -2.48. The second-order valence-electron chi connectivity index (χ2n) is 9.14. The highest BCUT2D eigenvalue weighted by atomic mass is 19.1. The number of benzene rings is 2. The molecule has 1 aliphatic rings. The number of hydrogen-bond acceptors (Lipinski definition) is 5. The van der Waals surface area contributed by atoms with Gasteiger partial charge in [0.15, 0.2) is 0 Å². The zero-order valence-corrected chi connectivity index (χ0v) is 20.8. The first-order chi connectivity index (χ1) is 17.5. The van der Waals surface area contributed by atoms with Crippen molar-refractivity contribution in [2.24, 2.45) is 21.9 Å². The number of likely N-dealkylation sites (N-methyl/N-ethyl adjacent to an activating group) is 1. The van der Waals surface area contributed by atoms with Gasteiger partial charge in [-0.2, -0.15) is 0 Å². The number of nitrogens with two attached hydrogens (primary N) is 2. The van der Waals surface area contributed by atoms with E-state index in [9.17, 15) is 18.4 Å². The maximum atomic E-state index is 13.9. The summed E-state index contributed by atoms with van der Waals surface area (Å²) < 4.78 is 32.8. The van der Waals surface area contributed by atoms with Crippen LogP contribution in [0.3, 0.4) is 0 Å². The minimum atomic E-state index is -1.01. The molecule has 0 saturated heterocycles. The summed E-state index contributed by atoms with van der Waals surface area (Å²) in [6, 6.07) is 6.59. The maximum Gasteiger partial charge on any atom is 0.341 e. The van der Waals surface area contributed by atoms with Gasteiger partial charge >= 0.3 is 6.03 Å². The van der Waals surface area contributed by atoms with Crippen LogP contribution in [0.4, 0.5) is 19.3 Å². The normalized spacial score (nSPS) is 15.9. The Morgan fingerprint density at radius 2 is 2.05 bits per heavy atom. The number of carbonyl (C=O) groups is 2. The highest BCUT2D eigenvalue weighted by molar-refractivity contribution is 6.01. The van der Waals surface area contributed by atoms with Crippen molar-refractivity contribution in [3.63, 3.8) is 0 Å². The SMILES string of the molecule is CN1C(=O)[C@@H](NC(=O)N=CC(=CN)Cc2ccc(F)cc2F)COc2ccc(C#CC(C)(C)CN)cc21. The molecule has 2 aromatic carbocycles. The number of hydrogen-bond donors (Lipinski definition) is 3. The lowest BCUT2D eigenvalue weighted by atomic mass is 9.94. The third kappa shape index (κ3) is 7.15. The van der Waals surface area contributed by atoms with E-state index < -0.39 is 29.6 Å². The van der Waals surface area contributed by atoms with Crippen LogP contribution in [0.5, 0.6) is 5.75 Å². The Balaban J connectivity index is 1.68. The van der Waals surface area contributed by atoms with E-state index in [1.54, 1.807) is 25.2 Å². The molecule has 0 fully saturated rings. The maximum absolute atomic E-state index is 13.9. The average molecular weight is 510 g/mol. The number of nitrogens with zero attached hydrogens (tertiary/aromatic N) is 2. The minimum Gasteiger partial charge on any atom is -0.489 e. The Hall–Kier alpha value is -4.23. The number of carbonyl (C=O) groups excluding carboxylic acids is 2. The lowest BCUT2D eigenvalue weighted by Gasteiger charge is -2.20. The van der Waals surface area contributed by atoms with Crippen LogP contribution in [0.2, 0.25) is 0 Å². The van der Waals surface area contributed by atoms with Crippen LogP contribution in [0, 0.1) is 28.9 Å². The number of ether oxygens (including phenoxy) is 1. The second kappa shape index (κ2) is 11.7. The summed E-state index contributed by atoms with van der Waals surface area (Å²) in [7, 11) is 1.58. The summed E-state index contributed by atoms with van der Waals surface area (Å²) in [4.78, 5) is 30.6. The van der Waals surface area contributed by atoms with Gasteiger partial charge in [-0.15, -0.1) is 0 Å². The number of urea groups is 1. The van der Waals surface area contributed by atoms with Gasteiger partial charge in [0.25, 0.3) is 5.91 Å². The summed E-state index contributed by atoms with van der Waals surface area (Å²) >= 11 is 0. The summed E-state index contributed by atoms with van der Waals surface area (Å²) in [5.74, 6) is 4.81. The van der Waals surface area contributed by atoms with E-state index in [1.807, 2.05) is 13.8 Å². The Kier molecular flexibility index (Phi) is 8.63. The van der Waals surface area contributed by atoms with Gasteiger partial charge in [-0.25, -0.2) is 18.6 Å². The fourth-order valence-corrected chi connectivity index (χ4v) is 3.33. The fraction of sp³-hybridized carbons (Fsp3) is 0.296. The van der Waals surface area contributed by atoms with Gasteiger partial charge in [-0.1, -0.05) is 17.9 Å². The molecule has 0 aliphatic carbocycles. The van der Waals surface area contributed by atoms with Crippen molar-refractivity contribution >= 4 is 23.8 Å². The third-order valence-corrected chi connectivity index (χ3v) is 5.68. The number of nitrogens with one attached hydrogen (secondary N) is 1. The zero-order chi connectivity index (χ0) is 27.2. The topological polar surface area (TPSA) is 123 Å². The monoisotopic (exact) mass is 509 g/mol. The van der Waals surface area contributed by atoms with Crippen molar-refractivity contribution in [2.75, 3.05) is 25.1 Å². The quantitative estimate of drug-likeness (QED) is 0.423. The van der Waals surface area contributed by atoms with Crippen LogP contribution in [0.1, 0.15) is 25.0 Å². The van der Waals surface area contributed by atoms with Gasteiger partial charge < -0.3 is 26.4 Å². The fourth-order valence-electron chi connectivity index (χ4n) is 3.33. The smallest absolute Gasteiger partial charge is 0.341 e. The van der Waals surface area contributed by atoms with Gasteiger partial charge in [0, 0.05) is 43.3 Å². The molecule has 1 aliphatic heterocycles. The summed E-state index contributed by atoms with van der Waals surface area (Å²) in [6.45, 7) is 4.17. The van der Waals surface area contributed by atoms with Gasteiger partial charge in [0.2, 0.25) is 0 Å². The van der Waals surface area contributed by atoms with Gasteiger partial charge in [0.1, 0.15) is 30.0 Å². The van der Waals surface area contributed by atoms with Gasteiger partial charge in [-0.3, -0.25) is 4.79 Å². The standard InChI is InChI=1S/C27H29F2N5O3/c1-27(2,16-31)9-8-17-4-7-24-23(11-17)34(3)25(35)22(15-37-24)33-26(36)32-14-18(13-30)10-19-5-6-20(28)12-21(19)29/h4-7,11-14,22H,10,15-16,30-31H2,1-3H3,(H,33,36)/t22-/m0/s1. The number of amides is 3. The molecule has 3 amide bonds. The van der Waals surface area contributed by atoms with Crippen LogP contribution < -0.4 is 26.4 Å². The molecule has 8 nitrogen and oxygen atoms in total. The first kappa shape index (κ1) is 27.4. The molecular formula is C27H29F2N5O3. The zero-order valence-electron chi connectivity index (χ0n) is 20.8. The van der Waals surface area contributed by atoms with E-state index in [-0.39, 0.29) is 24.0 Å². The second-order valence-corrected chi connectivity index (χ2v) is 9.14. The van der Waals surface area contributed by atoms with E-state index in [0.29, 0.717) is 29.1 Å². The highest BCUT2D eigenvalue weighted by Crippen LogP contribution is 2.31. The van der Waals surface area contributed by atoms with E-state index in [2.05, 4.69) is 22.2 Å². The number of anilines is 1. The molecule has 0 radical (unpaired) electrons. The number of rotatable bonds is 5. The summed E-state index contributed by atoms with van der Waals surface area (Å²) in [6.07, 6.45) is 2.32. The number of halogens is 2. The molecule has 3 rings (SSSR count). The highest BCUT2D eigenvalue weighted by Gasteiger charge is 2.30. The Morgan fingerprint density at radius 3 is 2.73 bits per heavy atom. The van der Waals surface area contributed by atoms with Crippen molar-refractivity contribution in [1.82, 2.24) is 5.32 Å². The molecule has 0 aromatic heterocycles. The predicted molar refractivity (Wildman–Crippen MR) is 138 cm³/mol. The summed E-state index contributed by atoms with van der Waals surface area (Å²) in [5, 5.41) is 2.52. The largest absolute Gasteiger partial charge is 0.489 e. The van der Waals surface area contributed by atoms with Crippen molar-refractivity contribution < 1.29 is 23.1 Å². The molecular weight excluding hydrogens is 480 g/mol. The minimum absolute atomic E-state index is 0.00337. The van der Waals surface area contributed by atoms with Gasteiger partial charge in [-0.05, 0) is 55.4 Å². The molecule has 194 valence electrons. The average Bonchev–Trinajstić information content (AvgIpc) is 2.98. The Morgan fingerprint density at radius 1 is 1.30 bits per heavy atom. The van der Waals surface area contributed by atoms with E-state index in [1.165, 1.54) is 17.2 Å². The Labute approximate surface area is 214 Å². The van der Waals surface area contributed by atoms with Crippen molar-refractivity contribution in [2.45, 2.75) is 26.3 Å². The van der Waals surface area contributed by atoms with E-state index in [4.69, 9.17) is 16.2 Å². The number of allylic oxidation sites excluding steroid dienone is 1. The molecule has 0 saturated carbocycles. The molecule has 10 heteroatoms. The molecule has 0 unspecified atom stereocenters. The molecule has 2 aromatic rings.